The summed E-state index contributed by atoms with van der Waals surface area (Å²) in [6.07, 6.45) is 1.70. The van der Waals surface area contributed by atoms with Gasteiger partial charge in [0.2, 0.25) is 0 Å². The molecular weight excluding hydrogens is 338 g/mol. The van der Waals surface area contributed by atoms with Gasteiger partial charge < -0.3 is 4.90 Å². The minimum Gasteiger partial charge on any atom is -0.305 e. The van der Waals surface area contributed by atoms with Gasteiger partial charge >= 0.3 is 0 Å². The quantitative estimate of drug-likeness (QED) is 0.610. The van der Waals surface area contributed by atoms with E-state index in [1.807, 2.05) is 7.05 Å². The number of likely N-dealkylation sites (N-methyl/N-ethyl adjacent to an activating group) is 2. The van der Waals surface area contributed by atoms with Crippen LogP contribution in [-0.4, -0.2) is 55.8 Å². The molecule has 0 aliphatic carbocycles. The lowest BCUT2D eigenvalue weighted by atomic mass is 10.1. The molecule has 2 heterocycles. The number of hydrogen-bond acceptors (Lipinski definition) is 6. The Labute approximate surface area is 132 Å². The Bertz CT molecular complexity index is 646. The summed E-state index contributed by atoms with van der Waals surface area (Å²) in [5, 5.41) is 10.8. The van der Waals surface area contributed by atoms with Gasteiger partial charge in [-0.25, -0.2) is 8.42 Å². The molecule has 1 fully saturated rings. The predicted octanol–water partition coefficient (Wildman–Crippen LogP) is 2.02. The molecule has 1 aromatic heterocycles. The molecule has 0 N–H and O–H groups in total. The van der Waals surface area contributed by atoms with Crippen molar-refractivity contribution in [2.24, 2.45) is 0 Å². The van der Waals surface area contributed by atoms with Crippen molar-refractivity contribution in [2.75, 3.05) is 27.2 Å². The first kappa shape index (κ1) is 16.6. The van der Waals surface area contributed by atoms with E-state index >= 15 is 0 Å². The molecule has 1 saturated heterocycles. The van der Waals surface area contributed by atoms with Crippen LogP contribution in [0.4, 0.5) is 5.69 Å². The number of halogens is 1. The van der Waals surface area contributed by atoms with Crippen LogP contribution in [0.25, 0.3) is 0 Å². The first-order chi connectivity index (χ1) is 9.73. The highest BCUT2D eigenvalue weighted by molar-refractivity contribution is 7.91. The summed E-state index contributed by atoms with van der Waals surface area (Å²) >= 11 is 6.47. The molecule has 1 aromatic rings. The van der Waals surface area contributed by atoms with E-state index in [1.54, 1.807) is 0 Å². The molecule has 21 heavy (non-hydrogen) atoms. The van der Waals surface area contributed by atoms with Crippen LogP contribution in [0.2, 0.25) is 4.34 Å². The highest BCUT2D eigenvalue weighted by Crippen LogP contribution is 2.37. The predicted molar refractivity (Wildman–Crippen MR) is 81.5 cm³/mol. The van der Waals surface area contributed by atoms with Crippen molar-refractivity contribution in [3.8, 4) is 0 Å². The molecule has 0 radical (unpaired) electrons. The number of sulfonamides is 1. The van der Waals surface area contributed by atoms with Gasteiger partial charge in [-0.1, -0.05) is 11.6 Å². The third-order valence-electron chi connectivity index (χ3n) is 3.59. The van der Waals surface area contributed by atoms with Crippen molar-refractivity contribution in [1.29, 1.82) is 0 Å². The Morgan fingerprint density at radius 2 is 2.24 bits per heavy atom. The molecule has 7 nitrogen and oxygen atoms in total. The molecule has 1 aliphatic rings. The maximum absolute atomic E-state index is 12.6. The van der Waals surface area contributed by atoms with Crippen molar-refractivity contribution < 1.29 is 13.3 Å². The van der Waals surface area contributed by atoms with E-state index in [0.717, 1.165) is 36.8 Å². The Morgan fingerprint density at radius 3 is 2.76 bits per heavy atom. The topological polar surface area (TPSA) is 83.8 Å². The molecule has 0 spiro atoms. The number of nitrogens with zero attached hydrogens (tertiary/aromatic N) is 3. The number of likely N-dealkylation sites (tertiary alicyclic amines) is 1. The summed E-state index contributed by atoms with van der Waals surface area (Å²) < 4.78 is 26.2. The zero-order valence-electron chi connectivity index (χ0n) is 11.7. The van der Waals surface area contributed by atoms with Crippen LogP contribution in [0.3, 0.4) is 0 Å². The SMILES string of the molecule is CN1CCCC(N(C)S(=O)(=O)c2cc([N+](=O)[O-])c(Cl)s2)C1. The van der Waals surface area contributed by atoms with E-state index in [0.29, 0.717) is 6.54 Å². The van der Waals surface area contributed by atoms with Gasteiger partial charge in [-0.05, 0) is 26.4 Å². The van der Waals surface area contributed by atoms with E-state index in [9.17, 15) is 18.5 Å². The Balaban J connectivity index is 2.28. The van der Waals surface area contributed by atoms with Gasteiger partial charge in [-0.2, -0.15) is 4.31 Å². The second-order valence-corrected chi connectivity index (χ2v) is 8.94. The number of nitro groups is 1. The lowest BCUT2D eigenvalue weighted by Gasteiger charge is -2.34. The molecule has 1 atom stereocenters. The third kappa shape index (κ3) is 3.37. The fourth-order valence-electron chi connectivity index (χ4n) is 2.36. The molecule has 2 rings (SSSR count). The van der Waals surface area contributed by atoms with Crippen LogP contribution in [0, 0.1) is 10.1 Å². The number of piperidine rings is 1. The second kappa shape index (κ2) is 6.17. The van der Waals surface area contributed by atoms with Crippen molar-refractivity contribution in [1.82, 2.24) is 9.21 Å². The van der Waals surface area contributed by atoms with Gasteiger partial charge in [0.25, 0.3) is 15.7 Å². The third-order valence-corrected chi connectivity index (χ3v) is 7.29. The van der Waals surface area contributed by atoms with Crippen LogP contribution in [0.5, 0.6) is 0 Å². The normalized spacial score (nSPS) is 20.9. The van der Waals surface area contributed by atoms with Crippen molar-refractivity contribution in [3.05, 3.63) is 20.5 Å². The zero-order valence-corrected chi connectivity index (χ0v) is 14.0. The highest BCUT2D eigenvalue weighted by atomic mass is 35.5. The molecule has 0 saturated carbocycles. The summed E-state index contributed by atoms with van der Waals surface area (Å²) in [6, 6.07) is 0.902. The van der Waals surface area contributed by atoms with E-state index < -0.39 is 14.9 Å². The lowest BCUT2D eigenvalue weighted by Crippen LogP contribution is -2.47. The highest BCUT2D eigenvalue weighted by Gasteiger charge is 2.33. The first-order valence-electron chi connectivity index (χ1n) is 6.33. The van der Waals surface area contributed by atoms with Gasteiger partial charge in [0.1, 0.15) is 4.21 Å². The van der Waals surface area contributed by atoms with Crippen LogP contribution < -0.4 is 0 Å². The fraction of sp³-hybridized carbons (Fsp3) is 0.636. The number of rotatable bonds is 4. The summed E-state index contributed by atoms with van der Waals surface area (Å²) in [5.74, 6) is 0. The van der Waals surface area contributed by atoms with Crippen molar-refractivity contribution in [3.63, 3.8) is 0 Å². The second-order valence-electron chi connectivity index (χ2n) is 5.06. The molecule has 118 valence electrons. The smallest absolute Gasteiger partial charge is 0.300 e. The van der Waals surface area contributed by atoms with Crippen LogP contribution in [0.1, 0.15) is 12.8 Å². The first-order valence-corrected chi connectivity index (χ1v) is 8.97. The van der Waals surface area contributed by atoms with Gasteiger partial charge in [-0.3, -0.25) is 10.1 Å². The largest absolute Gasteiger partial charge is 0.305 e. The molecule has 0 aromatic carbocycles. The summed E-state index contributed by atoms with van der Waals surface area (Å²) in [7, 11) is -0.304. The maximum atomic E-state index is 12.6. The minimum atomic E-state index is -3.76. The van der Waals surface area contributed by atoms with Gasteiger partial charge in [0, 0.05) is 25.7 Å². The summed E-state index contributed by atoms with van der Waals surface area (Å²) in [4.78, 5) is 12.2. The monoisotopic (exact) mass is 353 g/mol. The minimum absolute atomic E-state index is 0.0880. The molecule has 1 aliphatic heterocycles. The fourth-order valence-corrected chi connectivity index (χ4v) is 5.59. The van der Waals surface area contributed by atoms with Gasteiger partial charge in [0.15, 0.2) is 4.34 Å². The maximum Gasteiger partial charge on any atom is 0.300 e. The van der Waals surface area contributed by atoms with Crippen molar-refractivity contribution in [2.45, 2.75) is 23.1 Å². The van der Waals surface area contributed by atoms with Crippen LogP contribution in [-0.2, 0) is 10.0 Å². The average Bonchev–Trinajstić information content (AvgIpc) is 2.80. The summed E-state index contributed by atoms with van der Waals surface area (Å²) in [5.41, 5.74) is -0.366. The molecule has 10 heteroatoms. The lowest BCUT2D eigenvalue weighted by molar-refractivity contribution is -0.384. The van der Waals surface area contributed by atoms with Gasteiger partial charge in [-0.15, -0.1) is 11.3 Å². The standard InChI is InChI=1S/C11H16ClN3O4S2/c1-13-5-3-4-8(7-13)14(2)21(18,19)10-6-9(15(16)17)11(12)20-10/h6,8H,3-5,7H2,1-2H3. The van der Waals surface area contributed by atoms with E-state index in [-0.39, 0.29) is 20.3 Å². The molecule has 0 bridgehead atoms. The average molecular weight is 354 g/mol. The van der Waals surface area contributed by atoms with E-state index in [1.165, 1.54) is 11.4 Å². The van der Waals surface area contributed by atoms with E-state index in [2.05, 4.69) is 4.90 Å². The Morgan fingerprint density at radius 1 is 1.57 bits per heavy atom. The Kier molecular flexibility index (Phi) is 4.89. The van der Waals surface area contributed by atoms with E-state index in [4.69, 9.17) is 11.6 Å². The Hall–Kier alpha value is -0.740. The summed E-state index contributed by atoms with van der Waals surface area (Å²) in [6.45, 7) is 1.59. The van der Waals surface area contributed by atoms with Crippen molar-refractivity contribution >= 4 is 38.6 Å². The number of hydrogen-bond donors (Lipinski definition) is 0. The van der Waals surface area contributed by atoms with Gasteiger partial charge in [0.05, 0.1) is 4.92 Å². The molecule has 0 amide bonds. The zero-order chi connectivity index (χ0) is 15.8. The number of thiophene rings is 1. The van der Waals surface area contributed by atoms with Crippen LogP contribution >= 0.6 is 22.9 Å². The molecular formula is C11H16ClN3O4S2. The van der Waals surface area contributed by atoms with Crippen LogP contribution in [0.15, 0.2) is 10.3 Å². The molecule has 1 unspecified atom stereocenters.